The average molecular weight is 381 g/mol. The number of thiophene rings is 1. The molecule has 0 atom stereocenters. The molecule has 0 bridgehead atoms. The van der Waals surface area contributed by atoms with Gasteiger partial charge in [-0.25, -0.2) is 13.8 Å². The Morgan fingerprint density at radius 3 is 2.76 bits per heavy atom. The summed E-state index contributed by atoms with van der Waals surface area (Å²) in [7, 11) is 0. The summed E-state index contributed by atoms with van der Waals surface area (Å²) >= 11 is 2.42. The summed E-state index contributed by atoms with van der Waals surface area (Å²) in [6, 6.07) is 5.57. The topological polar surface area (TPSA) is 71.1 Å². The number of amides is 2. The number of nitrogens with one attached hydrogen (secondary N) is 2. The normalized spacial score (nSPS) is 10.8. The van der Waals surface area contributed by atoms with Crippen LogP contribution in [0.5, 0.6) is 0 Å². The van der Waals surface area contributed by atoms with E-state index in [0.717, 1.165) is 23.5 Å². The quantitative estimate of drug-likeness (QED) is 0.638. The smallest absolute Gasteiger partial charge is 0.261 e. The van der Waals surface area contributed by atoms with Crippen LogP contribution in [0.15, 0.2) is 29.6 Å². The van der Waals surface area contributed by atoms with E-state index in [1.165, 1.54) is 11.3 Å². The number of fused-ring (bicyclic) bond motifs is 1. The molecule has 9 heteroatoms. The van der Waals surface area contributed by atoms with Crippen molar-refractivity contribution in [3.05, 3.63) is 46.2 Å². The van der Waals surface area contributed by atoms with E-state index in [4.69, 9.17) is 0 Å². The Kier molecular flexibility index (Phi) is 5.34. The van der Waals surface area contributed by atoms with Crippen molar-refractivity contribution in [2.75, 3.05) is 11.9 Å². The molecule has 0 fully saturated rings. The molecule has 25 heavy (non-hydrogen) atoms. The summed E-state index contributed by atoms with van der Waals surface area (Å²) in [6.07, 6.45) is 0.667. The van der Waals surface area contributed by atoms with Crippen molar-refractivity contribution in [3.8, 4) is 0 Å². The van der Waals surface area contributed by atoms with Gasteiger partial charge in [0.15, 0.2) is 16.8 Å². The number of carbonyl (C=O) groups is 2. The maximum Gasteiger partial charge on any atom is 0.261 e. The number of benzene rings is 1. The molecule has 2 amide bonds. The van der Waals surface area contributed by atoms with Crippen molar-refractivity contribution < 1.29 is 18.4 Å². The van der Waals surface area contributed by atoms with Gasteiger partial charge >= 0.3 is 0 Å². The SMILES string of the molecule is O=C(CCCNC(=O)c1cccs1)Nc1nc2cc(F)c(F)cc2s1. The Labute approximate surface area is 149 Å². The zero-order chi connectivity index (χ0) is 17.8. The summed E-state index contributed by atoms with van der Waals surface area (Å²) < 4.78 is 26.8. The van der Waals surface area contributed by atoms with Crippen LogP contribution in [0.3, 0.4) is 0 Å². The number of rotatable bonds is 6. The zero-order valence-corrected chi connectivity index (χ0v) is 14.5. The molecule has 2 aromatic heterocycles. The Balaban J connectivity index is 1.47. The number of thiazole rings is 1. The summed E-state index contributed by atoms with van der Waals surface area (Å²) in [6.45, 7) is 0.375. The summed E-state index contributed by atoms with van der Waals surface area (Å²) in [5, 5.41) is 7.43. The van der Waals surface area contributed by atoms with E-state index < -0.39 is 11.6 Å². The van der Waals surface area contributed by atoms with Crippen LogP contribution < -0.4 is 10.6 Å². The third-order valence-electron chi connectivity index (χ3n) is 3.29. The monoisotopic (exact) mass is 381 g/mol. The minimum Gasteiger partial charge on any atom is -0.351 e. The number of halogens is 2. The van der Waals surface area contributed by atoms with Gasteiger partial charge in [0.05, 0.1) is 15.1 Å². The van der Waals surface area contributed by atoms with Crippen LogP contribution in [-0.2, 0) is 4.79 Å². The van der Waals surface area contributed by atoms with E-state index >= 15 is 0 Å². The van der Waals surface area contributed by atoms with E-state index in [1.54, 1.807) is 12.1 Å². The fraction of sp³-hybridized carbons (Fsp3) is 0.188. The van der Waals surface area contributed by atoms with Crippen LogP contribution in [0, 0.1) is 11.6 Å². The van der Waals surface area contributed by atoms with Crippen molar-refractivity contribution in [1.29, 1.82) is 0 Å². The van der Waals surface area contributed by atoms with Gasteiger partial charge in [-0.15, -0.1) is 11.3 Å². The standard InChI is InChI=1S/C16H13F2N3O2S2/c17-9-7-11-13(8-10(9)18)25-16(20-11)21-14(22)4-1-5-19-15(23)12-3-2-6-24-12/h2-3,6-8H,1,4-5H2,(H,19,23)(H,20,21,22). The molecule has 0 aliphatic heterocycles. The molecule has 0 saturated carbocycles. The Morgan fingerprint density at radius 1 is 1.20 bits per heavy atom. The molecule has 1 aromatic carbocycles. The second kappa shape index (κ2) is 7.66. The van der Waals surface area contributed by atoms with Crippen LogP contribution in [0.25, 0.3) is 10.2 Å². The number of nitrogens with zero attached hydrogens (tertiary/aromatic N) is 1. The highest BCUT2D eigenvalue weighted by atomic mass is 32.1. The molecule has 0 saturated heterocycles. The van der Waals surface area contributed by atoms with Gasteiger partial charge in [0.2, 0.25) is 5.91 Å². The van der Waals surface area contributed by atoms with Crippen LogP contribution in [0.2, 0.25) is 0 Å². The molecule has 0 spiro atoms. The van der Waals surface area contributed by atoms with Gasteiger partial charge in [-0.2, -0.15) is 0 Å². The number of hydrogen-bond acceptors (Lipinski definition) is 5. The second-order valence-electron chi connectivity index (χ2n) is 5.14. The average Bonchev–Trinajstić information content (AvgIpc) is 3.21. The zero-order valence-electron chi connectivity index (χ0n) is 12.8. The number of aromatic nitrogens is 1. The van der Waals surface area contributed by atoms with E-state index in [-0.39, 0.29) is 23.4 Å². The predicted molar refractivity (Wildman–Crippen MR) is 94.1 cm³/mol. The molecular formula is C16H13F2N3O2S2. The molecule has 2 heterocycles. The summed E-state index contributed by atoms with van der Waals surface area (Å²) in [5.74, 6) is -2.36. The van der Waals surface area contributed by atoms with Gasteiger partial charge in [-0.05, 0) is 23.9 Å². The minimum atomic E-state index is -0.975. The molecule has 3 rings (SSSR count). The van der Waals surface area contributed by atoms with Crippen molar-refractivity contribution in [3.63, 3.8) is 0 Å². The Morgan fingerprint density at radius 2 is 2.00 bits per heavy atom. The molecule has 0 radical (unpaired) electrons. The van der Waals surface area contributed by atoms with Gasteiger partial charge in [0, 0.05) is 19.0 Å². The Hall–Kier alpha value is -2.39. The number of anilines is 1. The molecule has 0 unspecified atom stereocenters. The molecule has 0 aliphatic carbocycles. The maximum absolute atomic E-state index is 13.2. The van der Waals surface area contributed by atoms with Crippen LogP contribution in [-0.4, -0.2) is 23.3 Å². The maximum atomic E-state index is 13.2. The van der Waals surface area contributed by atoms with Crippen molar-refractivity contribution in [1.82, 2.24) is 10.3 Å². The summed E-state index contributed by atoms with van der Waals surface area (Å²) in [5.41, 5.74) is 0.294. The van der Waals surface area contributed by atoms with E-state index in [0.29, 0.717) is 28.1 Å². The lowest BCUT2D eigenvalue weighted by Gasteiger charge is -2.03. The van der Waals surface area contributed by atoms with Crippen LogP contribution >= 0.6 is 22.7 Å². The first-order valence-electron chi connectivity index (χ1n) is 7.40. The number of hydrogen-bond donors (Lipinski definition) is 2. The fourth-order valence-electron chi connectivity index (χ4n) is 2.10. The van der Waals surface area contributed by atoms with Gasteiger partial charge in [0.25, 0.3) is 5.91 Å². The first kappa shape index (κ1) is 17.4. The largest absolute Gasteiger partial charge is 0.351 e. The minimum absolute atomic E-state index is 0.161. The van der Waals surface area contributed by atoms with E-state index in [9.17, 15) is 18.4 Å². The highest BCUT2D eigenvalue weighted by molar-refractivity contribution is 7.22. The van der Waals surface area contributed by atoms with E-state index in [1.807, 2.05) is 5.38 Å². The molecule has 130 valence electrons. The highest BCUT2D eigenvalue weighted by Gasteiger charge is 2.12. The molecule has 2 N–H and O–H groups in total. The van der Waals surface area contributed by atoms with Gasteiger partial charge < -0.3 is 10.6 Å². The number of carbonyl (C=O) groups excluding carboxylic acids is 2. The van der Waals surface area contributed by atoms with Gasteiger partial charge in [0.1, 0.15) is 0 Å². The predicted octanol–water partition coefficient (Wildman–Crippen LogP) is 3.78. The van der Waals surface area contributed by atoms with E-state index in [2.05, 4.69) is 15.6 Å². The third-order valence-corrected chi connectivity index (χ3v) is 5.09. The highest BCUT2D eigenvalue weighted by Crippen LogP contribution is 2.27. The van der Waals surface area contributed by atoms with Crippen LogP contribution in [0.1, 0.15) is 22.5 Å². The molecular weight excluding hydrogens is 368 g/mol. The lowest BCUT2D eigenvalue weighted by atomic mass is 10.3. The van der Waals surface area contributed by atoms with Crippen LogP contribution in [0.4, 0.5) is 13.9 Å². The van der Waals surface area contributed by atoms with Crippen molar-refractivity contribution >= 4 is 49.8 Å². The Bertz CT molecular complexity index is 871. The first-order chi connectivity index (χ1) is 12.0. The van der Waals surface area contributed by atoms with Gasteiger partial charge in [-0.1, -0.05) is 17.4 Å². The molecule has 0 aliphatic rings. The molecule has 5 nitrogen and oxygen atoms in total. The van der Waals surface area contributed by atoms with Gasteiger partial charge in [-0.3, -0.25) is 9.59 Å². The first-order valence-corrected chi connectivity index (χ1v) is 9.09. The second-order valence-corrected chi connectivity index (χ2v) is 7.12. The lowest BCUT2D eigenvalue weighted by molar-refractivity contribution is -0.116. The van der Waals surface area contributed by atoms with Crippen molar-refractivity contribution in [2.24, 2.45) is 0 Å². The fourth-order valence-corrected chi connectivity index (χ4v) is 3.63. The summed E-state index contributed by atoms with van der Waals surface area (Å²) in [4.78, 5) is 28.3. The third kappa shape index (κ3) is 4.37. The lowest BCUT2D eigenvalue weighted by Crippen LogP contribution is -2.24. The van der Waals surface area contributed by atoms with Crippen molar-refractivity contribution in [2.45, 2.75) is 12.8 Å². The molecule has 3 aromatic rings.